The average Bonchev–Trinajstić information content (AvgIpc) is 3.05. The molecule has 0 aromatic carbocycles. The molecule has 0 unspecified atom stereocenters. The summed E-state index contributed by atoms with van der Waals surface area (Å²) in [6, 6.07) is 1.47. The molecule has 1 aliphatic rings. The molecule has 0 bridgehead atoms. The van der Waals surface area contributed by atoms with Crippen LogP contribution in [0.15, 0.2) is 6.07 Å². The molecule has 1 aromatic heterocycles. The Labute approximate surface area is 87.9 Å². The smallest absolute Gasteiger partial charge is 0.180 e. The maximum Gasteiger partial charge on any atom is 0.180 e. The van der Waals surface area contributed by atoms with E-state index in [1.807, 2.05) is 6.92 Å². The normalized spacial score (nSPS) is 15.0. The fraction of sp³-hybridized carbons (Fsp3) is 0.455. The lowest BCUT2D eigenvalue weighted by Crippen LogP contribution is -1.99. The maximum atomic E-state index is 10.7. The first-order chi connectivity index (χ1) is 7.26. The minimum atomic E-state index is 0.0879. The summed E-state index contributed by atoms with van der Waals surface area (Å²) in [5.41, 5.74) is 0.918. The van der Waals surface area contributed by atoms with Crippen LogP contribution in [0.25, 0.3) is 0 Å². The molecule has 1 heterocycles. The Morgan fingerprint density at radius 1 is 1.67 bits per heavy atom. The van der Waals surface area contributed by atoms with E-state index in [0.717, 1.165) is 12.8 Å². The van der Waals surface area contributed by atoms with Crippen molar-refractivity contribution in [3.8, 4) is 11.5 Å². The SMILES string of the molecule is CCOc1cc(C=O)nc(C2CC2)c1O. The van der Waals surface area contributed by atoms with E-state index in [1.165, 1.54) is 6.07 Å². The van der Waals surface area contributed by atoms with Crippen LogP contribution in [0.5, 0.6) is 11.5 Å². The fourth-order valence-electron chi connectivity index (χ4n) is 1.52. The van der Waals surface area contributed by atoms with Crippen LogP contribution in [0, 0.1) is 0 Å². The van der Waals surface area contributed by atoms with Crippen molar-refractivity contribution in [2.75, 3.05) is 6.61 Å². The Hall–Kier alpha value is -1.58. The third-order valence-electron chi connectivity index (χ3n) is 2.39. The zero-order valence-corrected chi connectivity index (χ0v) is 8.56. The van der Waals surface area contributed by atoms with E-state index in [9.17, 15) is 9.90 Å². The van der Waals surface area contributed by atoms with Crippen molar-refractivity contribution < 1.29 is 14.6 Å². The number of pyridine rings is 1. The lowest BCUT2D eigenvalue weighted by molar-refractivity contribution is 0.111. The van der Waals surface area contributed by atoms with Crippen molar-refractivity contribution in [2.24, 2.45) is 0 Å². The molecular weight excluding hydrogens is 194 g/mol. The monoisotopic (exact) mass is 207 g/mol. The molecule has 1 fully saturated rings. The van der Waals surface area contributed by atoms with Gasteiger partial charge in [0.1, 0.15) is 5.69 Å². The molecular formula is C11H13NO3. The number of aldehydes is 1. The third kappa shape index (κ3) is 1.93. The molecule has 15 heavy (non-hydrogen) atoms. The summed E-state index contributed by atoms with van der Waals surface area (Å²) in [5.74, 6) is 0.741. The molecule has 80 valence electrons. The quantitative estimate of drug-likeness (QED) is 0.766. The minimum absolute atomic E-state index is 0.0879. The second-order valence-electron chi connectivity index (χ2n) is 3.60. The summed E-state index contributed by atoms with van der Waals surface area (Å²) < 4.78 is 5.25. The number of rotatable bonds is 4. The highest BCUT2D eigenvalue weighted by Crippen LogP contribution is 2.45. The number of nitrogens with zero attached hydrogens (tertiary/aromatic N) is 1. The molecule has 4 nitrogen and oxygen atoms in total. The lowest BCUT2D eigenvalue weighted by Gasteiger charge is -2.09. The van der Waals surface area contributed by atoms with Crippen molar-refractivity contribution in [2.45, 2.75) is 25.7 Å². The van der Waals surface area contributed by atoms with E-state index in [1.54, 1.807) is 0 Å². The van der Waals surface area contributed by atoms with E-state index in [4.69, 9.17) is 4.74 Å². The van der Waals surface area contributed by atoms with Crippen LogP contribution in [0.1, 0.15) is 41.9 Å². The van der Waals surface area contributed by atoms with Gasteiger partial charge in [0.05, 0.1) is 12.3 Å². The number of ether oxygens (including phenoxy) is 1. The van der Waals surface area contributed by atoms with Gasteiger partial charge in [0.25, 0.3) is 0 Å². The number of aromatic nitrogens is 1. The summed E-state index contributed by atoms with van der Waals surface area (Å²) in [5, 5.41) is 9.85. The first-order valence-electron chi connectivity index (χ1n) is 5.08. The first-order valence-corrected chi connectivity index (χ1v) is 5.08. The second-order valence-corrected chi connectivity index (χ2v) is 3.60. The standard InChI is InChI=1S/C11H13NO3/c1-2-15-9-5-8(6-13)12-10(11(9)14)7-3-4-7/h5-7,14H,2-4H2,1H3. The van der Waals surface area contributed by atoms with Gasteiger partial charge in [0.2, 0.25) is 0 Å². The van der Waals surface area contributed by atoms with Gasteiger partial charge in [0, 0.05) is 12.0 Å². The third-order valence-corrected chi connectivity index (χ3v) is 2.39. The van der Waals surface area contributed by atoms with Crippen LogP contribution in [-0.4, -0.2) is 23.0 Å². The van der Waals surface area contributed by atoms with Gasteiger partial charge in [0.15, 0.2) is 17.8 Å². The van der Waals surface area contributed by atoms with Gasteiger partial charge in [-0.2, -0.15) is 0 Å². The summed E-state index contributed by atoms with van der Waals surface area (Å²) in [6.07, 6.45) is 2.72. The fourth-order valence-corrected chi connectivity index (χ4v) is 1.52. The zero-order chi connectivity index (χ0) is 10.8. The molecule has 1 aromatic rings. The number of hydrogen-bond acceptors (Lipinski definition) is 4. The average molecular weight is 207 g/mol. The van der Waals surface area contributed by atoms with Gasteiger partial charge in [-0.25, -0.2) is 4.98 Å². The van der Waals surface area contributed by atoms with Crippen molar-refractivity contribution >= 4 is 6.29 Å². The van der Waals surface area contributed by atoms with Gasteiger partial charge in [-0.3, -0.25) is 4.79 Å². The van der Waals surface area contributed by atoms with E-state index in [2.05, 4.69) is 4.98 Å². The van der Waals surface area contributed by atoms with Crippen LogP contribution in [0.2, 0.25) is 0 Å². The predicted molar refractivity (Wildman–Crippen MR) is 54.4 cm³/mol. The molecule has 2 rings (SSSR count). The van der Waals surface area contributed by atoms with Gasteiger partial charge < -0.3 is 9.84 Å². The largest absolute Gasteiger partial charge is 0.503 e. The summed E-state index contributed by atoms with van der Waals surface area (Å²) >= 11 is 0. The molecule has 0 amide bonds. The van der Waals surface area contributed by atoms with Crippen LogP contribution < -0.4 is 4.74 Å². The van der Waals surface area contributed by atoms with Crippen molar-refractivity contribution in [3.05, 3.63) is 17.5 Å². The Morgan fingerprint density at radius 3 is 2.93 bits per heavy atom. The molecule has 1 aliphatic carbocycles. The van der Waals surface area contributed by atoms with E-state index in [0.29, 0.717) is 35.9 Å². The molecule has 0 saturated heterocycles. The molecule has 0 atom stereocenters. The topological polar surface area (TPSA) is 59.4 Å². The van der Waals surface area contributed by atoms with Gasteiger partial charge >= 0.3 is 0 Å². The Kier molecular flexibility index (Phi) is 2.58. The number of carbonyl (C=O) groups excluding carboxylic acids is 1. The zero-order valence-electron chi connectivity index (χ0n) is 8.56. The highest BCUT2D eigenvalue weighted by Gasteiger charge is 2.30. The predicted octanol–water partition coefficient (Wildman–Crippen LogP) is 1.88. The van der Waals surface area contributed by atoms with Gasteiger partial charge in [-0.15, -0.1) is 0 Å². The molecule has 4 heteroatoms. The van der Waals surface area contributed by atoms with Crippen molar-refractivity contribution in [1.29, 1.82) is 0 Å². The van der Waals surface area contributed by atoms with Gasteiger partial charge in [-0.1, -0.05) is 0 Å². The van der Waals surface area contributed by atoms with E-state index >= 15 is 0 Å². The van der Waals surface area contributed by atoms with Crippen LogP contribution in [-0.2, 0) is 0 Å². The Bertz CT molecular complexity index is 386. The Morgan fingerprint density at radius 2 is 2.40 bits per heavy atom. The molecule has 0 radical (unpaired) electrons. The van der Waals surface area contributed by atoms with Crippen molar-refractivity contribution in [3.63, 3.8) is 0 Å². The lowest BCUT2D eigenvalue weighted by atomic mass is 10.2. The van der Waals surface area contributed by atoms with Crippen LogP contribution >= 0.6 is 0 Å². The highest BCUT2D eigenvalue weighted by atomic mass is 16.5. The molecule has 1 saturated carbocycles. The number of hydrogen-bond donors (Lipinski definition) is 1. The van der Waals surface area contributed by atoms with Crippen molar-refractivity contribution in [1.82, 2.24) is 4.98 Å². The van der Waals surface area contributed by atoms with E-state index in [-0.39, 0.29) is 5.75 Å². The van der Waals surface area contributed by atoms with Crippen LogP contribution in [0.3, 0.4) is 0 Å². The Balaban J connectivity index is 2.43. The minimum Gasteiger partial charge on any atom is -0.503 e. The summed E-state index contributed by atoms with van der Waals surface area (Å²) in [7, 11) is 0. The molecule has 0 aliphatic heterocycles. The summed E-state index contributed by atoms with van der Waals surface area (Å²) in [4.78, 5) is 14.8. The first kappa shape index (κ1) is 9.96. The maximum absolute atomic E-state index is 10.7. The van der Waals surface area contributed by atoms with Crippen LogP contribution in [0.4, 0.5) is 0 Å². The summed E-state index contributed by atoms with van der Waals surface area (Å²) in [6.45, 7) is 2.29. The van der Waals surface area contributed by atoms with E-state index < -0.39 is 0 Å². The molecule has 0 spiro atoms. The number of aromatic hydroxyl groups is 1. The highest BCUT2D eigenvalue weighted by molar-refractivity contribution is 5.73. The number of carbonyl (C=O) groups is 1. The van der Waals surface area contributed by atoms with Gasteiger partial charge in [-0.05, 0) is 19.8 Å². The second kappa shape index (κ2) is 3.88. The molecule has 1 N–H and O–H groups in total.